The number of para-hydroxylation sites is 1. The number of benzene rings is 2. The van der Waals surface area contributed by atoms with Crippen molar-refractivity contribution in [2.24, 2.45) is 5.92 Å². The summed E-state index contributed by atoms with van der Waals surface area (Å²) >= 11 is 11.8. The maximum atomic E-state index is 13.8. The van der Waals surface area contributed by atoms with Crippen molar-refractivity contribution >= 4 is 44.8 Å². The van der Waals surface area contributed by atoms with Gasteiger partial charge in [0.25, 0.3) is 0 Å². The van der Waals surface area contributed by atoms with E-state index >= 15 is 0 Å². The van der Waals surface area contributed by atoms with Crippen molar-refractivity contribution in [3.05, 3.63) is 63.6 Å². The normalized spacial score (nSPS) is 17.9. The lowest BCUT2D eigenvalue weighted by Crippen LogP contribution is -2.44. The van der Waals surface area contributed by atoms with Crippen molar-refractivity contribution in [1.29, 1.82) is 0 Å². The van der Waals surface area contributed by atoms with Crippen LogP contribution in [0.1, 0.15) is 18.4 Å². The molecular formula is C19H18Cl2F2N2O3S. The topological polar surface area (TPSA) is 66.5 Å². The van der Waals surface area contributed by atoms with Gasteiger partial charge in [0.1, 0.15) is 17.3 Å². The van der Waals surface area contributed by atoms with Gasteiger partial charge >= 0.3 is 0 Å². The summed E-state index contributed by atoms with van der Waals surface area (Å²) in [5.74, 6) is -3.41. The molecule has 29 heavy (non-hydrogen) atoms. The standard InChI is InChI=1S/C19H18Cl2F2N2O3S/c20-14-7-6-12(9-15(14)21)11-29(27,28)25-8-2-3-13(10-25)19(26)24-18-16(22)4-1-5-17(18)23/h1,4-7,9,13H,2-3,8,10-11H2,(H,24,26)/t13-/m0/s1. The number of carbonyl (C=O) groups excluding carboxylic acids is 1. The van der Waals surface area contributed by atoms with Crippen LogP contribution >= 0.6 is 23.2 Å². The summed E-state index contributed by atoms with van der Waals surface area (Å²) in [6, 6.07) is 7.83. The van der Waals surface area contributed by atoms with E-state index in [1.807, 2.05) is 0 Å². The van der Waals surface area contributed by atoms with E-state index in [0.717, 1.165) is 12.1 Å². The molecule has 1 atom stereocenters. The zero-order valence-electron chi connectivity index (χ0n) is 15.2. The van der Waals surface area contributed by atoms with Crippen LogP contribution in [0.15, 0.2) is 36.4 Å². The molecule has 2 aromatic carbocycles. The third kappa shape index (κ3) is 5.25. The molecule has 1 amide bonds. The van der Waals surface area contributed by atoms with Gasteiger partial charge in [-0.2, -0.15) is 0 Å². The highest BCUT2D eigenvalue weighted by Crippen LogP contribution is 2.27. The highest BCUT2D eigenvalue weighted by atomic mass is 35.5. The van der Waals surface area contributed by atoms with Gasteiger partial charge in [0, 0.05) is 13.1 Å². The monoisotopic (exact) mass is 462 g/mol. The van der Waals surface area contributed by atoms with Gasteiger partial charge in [-0.15, -0.1) is 0 Å². The second-order valence-corrected chi connectivity index (χ2v) is 9.57. The molecule has 1 saturated heterocycles. The highest BCUT2D eigenvalue weighted by molar-refractivity contribution is 7.88. The van der Waals surface area contributed by atoms with Crippen molar-refractivity contribution in [3.8, 4) is 0 Å². The molecule has 1 heterocycles. The number of rotatable bonds is 5. The summed E-state index contributed by atoms with van der Waals surface area (Å²) in [6.45, 7) is 0.201. The summed E-state index contributed by atoms with van der Waals surface area (Å²) in [6.07, 6.45) is 0.874. The molecule has 1 aliphatic rings. The predicted octanol–water partition coefficient (Wildman–Crippen LogP) is 4.45. The summed E-state index contributed by atoms with van der Waals surface area (Å²) < 4.78 is 54.3. The Bertz CT molecular complexity index is 1010. The lowest BCUT2D eigenvalue weighted by atomic mass is 9.98. The van der Waals surface area contributed by atoms with Crippen molar-refractivity contribution in [2.45, 2.75) is 18.6 Å². The Morgan fingerprint density at radius 3 is 2.48 bits per heavy atom. The van der Waals surface area contributed by atoms with Crippen molar-refractivity contribution in [2.75, 3.05) is 18.4 Å². The number of amides is 1. The summed E-state index contributed by atoms with van der Waals surface area (Å²) in [5, 5.41) is 2.82. The minimum atomic E-state index is -3.72. The summed E-state index contributed by atoms with van der Waals surface area (Å²) in [7, 11) is -3.72. The van der Waals surface area contributed by atoms with Crippen molar-refractivity contribution in [3.63, 3.8) is 0 Å². The van der Waals surface area contributed by atoms with Crippen LogP contribution in [-0.2, 0) is 20.6 Å². The number of halogens is 4. The fourth-order valence-electron chi connectivity index (χ4n) is 3.18. The molecule has 1 N–H and O–H groups in total. The van der Waals surface area contributed by atoms with E-state index in [1.165, 1.54) is 22.5 Å². The van der Waals surface area contributed by atoms with Gasteiger partial charge in [0.2, 0.25) is 15.9 Å². The average Bonchev–Trinajstić information content (AvgIpc) is 2.67. The molecule has 0 aromatic heterocycles. The van der Waals surface area contributed by atoms with E-state index in [9.17, 15) is 22.0 Å². The summed E-state index contributed by atoms with van der Waals surface area (Å²) in [5.41, 5.74) is -0.0623. The number of sulfonamides is 1. The Morgan fingerprint density at radius 1 is 1.14 bits per heavy atom. The molecule has 1 aliphatic heterocycles. The molecule has 156 valence electrons. The van der Waals surface area contributed by atoms with Crippen LogP contribution in [0.2, 0.25) is 10.0 Å². The number of nitrogens with one attached hydrogen (secondary N) is 1. The largest absolute Gasteiger partial charge is 0.321 e. The smallest absolute Gasteiger partial charge is 0.228 e. The third-order valence-electron chi connectivity index (χ3n) is 4.69. The first-order chi connectivity index (χ1) is 13.7. The fraction of sp³-hybridized carbons (Fsp3) is 0.316. The number of hydrogen-bond donors (Lipinski definition) is 1. The van der Waals surface area contributed by atoms with Gasteiger partial charge in [0.05, 0.1) is 21.7 Å². The molecule has 0 radical (unpaired) electrons. The zero-order valence-corrected chi connectivity index (χ0v) is 17.5. The van der Waals surface area contributed by atoms with E-state index in [4.69, 9.17) is 23.2 Å². The Morgan fingerprint density at radius 2 is 1.83 bits per heavy atom. The minimum absolute atomic E-state index is 0.0639. The molecule has 2 aromatic rings. The van der Waals surface area contributed by atoms with Gasteiger partial charge < -0.3 is 5.32 Å². The van der Waals surface area contributed by atoms with E-state index < -0.39 is 39.2 Å². The number of piperidine rings is 1. The van der Waals surface area contributed by atoms with Gasteiger partial charge in [-0.3, -0.25) is 4.79 Å². The predicted molar refractivity (Wildman–Crippen MR) is 108 cm³/mol. The first-order valence-corrected chi connectivity index (χ1v) is 11.2. The van der Waals surface area contributed by atoms with E-state index in [-0.39, 0.29) is 23.9 Å². The molecule has 0 saturated carbocycles. The molecule has 10 heteroatoms. The molecule has 0 bridgehead atoms. The number of nitrogens with zero attached hydrogens (tertiary/aromatic N) is 1. The Hall–Kier alpha value is -1.74. The zero-order chi connectivity index (χ0) is 21.2. The second-order valence-electron chi connectivity index (χ2n) is 6.79. The molecule has 0 spiro atoms. The first kappa shape index (κ1) is 22.0. The lowest BCUT2D eigenvalue weighted by molar-refractivity contribution is -0.120. The molecule has 1 fully saturated rings. The maximum absolute atomic E-state index is 13.8. The van der Waals surface area contributed by atoms with Crippen LogP contribution in [0.3, 0.4) is 0 Å². The molecule has 5 nitrogen and oxygen atoms in total. The first-order valence-electron chi connectivity index (χ1n) is 8.84. The highest BCUT2D eigenvalue weighted by Gasteiger charge is 2.33. The average molecular weight is 463 g/mol. The Balaban J connectivity index is 1.70. The molecule has 3 rings (SSSR count). The van der Waals surface area contributed by atoms with E-state index in [2.05, 4.69) is 5.32 Å². The second kappa shape index (κ2) is 8.95. The summed E-state index contributed by atoms with van der Waals surface area (Å²) in [4.78, 5) is 12.5. The minimum Gasteiger partial charge on any atom is -0.321 e. The van der Waals surface area contributed by atoms with Crippen LogP contribution in [-0.4, -0.2) is 31.7 Å². The van der Waals surface area contributed by atoms with Gasteiger partial charge in [-0.25, -0.2) is 21.5 Å². The fourth-order valence-corrected chi connectivity index (χ4v) is 5.10. The van der Waals surface area contributed by atoms with Crippen molar-refractivity contribution in [1.82, 2.24) is 4.31 Å². The maximum Gasteiger partial charge on any atom is 0.228 e. The van der Waals surface area contributed by atoms with Gasteiger partial charge in [-0.1, -0.05) is 35.3 Å². The molecule has 0 aliphatic carbocycles. The van der Waals surface area contributed by atoms with Crippen LogP contribution in [0.25, 0.3) is 0 Å². The number of carbonyl (C=O) groups is 1. The van der Waals surface area contributed by atoms with Crippen LogP contribution < -0.4 is 5.32 Å². The quantitative estimate of drug-likeness (QED) is 0.713. The van der Waals surface area contributed by atoms with E-state index in [0.29, 0.717) is 23.4 Å². The van der Waals surface area contributed by atoms with Gasteiger partial charge in [-0.05, 0) is 42.7 Å². The van der Waals surface area contributed by atoms with Crippen LogP contribution in [0.4, 0.5) is 14.5 Å². The number of hydrogen-bond acceptors (Lipinski definition) is 3. The SMILES string of the molecule is O=C(Nc1c(F)cccc1F)[C@H]1CCCN(S(=O)(=O)Cc2ccc(Cl)c(Cl)c2)C1. The third-order valence-corrected chi connectivity index (χ3v) is 7.25. The molecule has 0 unspecified atom stereocenters. The van der Waals surface area contributed by atoms with Crippen LogP contribution in [0, 0.1) is 17.6 Å². The Kier molecular flexibility index (Phi) is 6.78. The lowest BCUT2D eigenvalue weighted by Gasteiger charge is -2.31. The van der Waals surface area contributed by atoms with Crippen molar-refractivity contribution < 1.29 is 22.0 Å². The molecular weight excluding hydrogens is 445 g/mol. The number of anilines is 1. The van der Waals surface area contributed by atoms with Crippen LogP contribution in [0.5, 0.6) is 0 Å². The van der Waals surface area contributed by atoms with Gasteiger partial charge in [0.15, 0.2) is 0 Å². The Labute approximate surface area is 177 Å². The van der Waals surface area contributed by atoms with E-state index in [1.54, 1.807) is 6.07 Å².